The number of benzene rings is 1. The van der Waals surface area contributed by atoms with Gasteiger partial charge in [0.15, 0.2) is 5.75 Å². The van der Waals surface area contributed by atoms with Gasteiger partial charge in [-0.25, -0.2) is 0 Å². The molecule has 15 heavy (non-hydrogen) atoms. The summed E-state index contributed by atoms with van der Waals surface area (Å²) in [5.41, 5.74) is 1.20. The van der Waals surface area contributed by atoms with Gasteiger partial charge >= 0.3 is 0 Å². The number of hydrogen-bond donors (Lipinski definition) is 1. The van der Waals surface area contributed by atoms with Gasteiger partial charge in [-0.3, -0.25) is 0 Å². The Bertz CT molecular complexity index is 276. The molecule has 0 aliphatic rings. The molecule has 1 N–H and O–H groups in total. The number of rotatable bonds is 7. The fourth-order valence-corrected chi connectivity index (χ4v) is 1.37. The van der Waals surface area contributed by atoms with Gasteiger partial charge < -0.3 is 10.2 Å². The zero-order valence-corrected chi connectivity index (χ0v) is 9.45. The standard InChI is InChI=1S/C12H19NO2/c1-3-14-15-12-9-5-4-7-11(12)8-6-10-13-2/h4-5,7,9,13H,3,6,8,10H2,1-2H3. The van der Waals surface area contributed by atoms with Crippen molar-refractivity contribution in [1.29, 1.82) is 0 Å². The lowest BCUT2D eigenvalue weighted by molar-refractivity contribution is -0.202. The van der Waals surface area contributed by atoms with E-state index in [-0.39, 0.29) is 0 Å². The second-order valence-corrected chi connectivity index (χ2v) is 3.30. The molecule has 3 heteroatoms. The highest BCUT2D eigenvalue weighted by Gasteiger charge is 2.02. The Morgan fingerprint density at radius 2 is 2.07 bits per heavy atom. The SMILES string of the molecule is CCOOc1ccccc1CCCNC. The molecule has 1 aromatic rings. The molecule has 84 valence electrons. The van der Waals surface area contributed by atoms with E-state index in [1.165, 1.54) is 5.56 Å². The molecule has 0 unspecified atom stereocenters. The van der Waals surface area contributed by atoms with Crippen LogP contribution in [0.4, 0.5) is 0 Å². The van der Waals surface area contributed by atoms with Crippen LogP contribution >= 0.6 is 0 Å². The van der Waals surface area contributed by atoms with E-state index < -0.39 is 0 Å². The van der Waals surface area contributed by atoms with Crippen LogP contribution in [-0.4, -0.2) is 20.2 Å². The summed E-state index contributed by atoms with van der Waals surface area (Å²) in [5, 5.41) is 3.13. The smallest absolute Gasteiger partial charge is 0.168 e. The molecule has 0 aliphatic heterocycles. The van der Waals surface area contributed by atoms with Gasteiger partial charge in [0.05, 0.1) is 6.61 Å². The zero-order chi connectivity index (χ0) is 10.9. The van der Waals surface area contributed by atoms with Crippen molar-refractivity contribution in [1.82, 2.24) is 5.32 Å². The van der Waals surface area contributed by atoms with Crippen molar-refractivity contribution in [3.63, 3.8) is 0 Å². The molecule has 0 spiro atoms. The van der Waals surface area contributed by atoms with Crippen LogP contribution in [0.3, 0.4) is 0 Å². The molecule has 0 saturated carbocycles. The van der Waals surface area contributed by atoms with Crippen molar-refractivity contribution in [2.45, 2.75) is 19.8 Å². The van der Waals surface area contributed by atoms with Gasteiger partial charge in [0.2, 0.25) is 0 Å². The maximum absolute atomic E-state index is 5.20. The van der Waals surface area contributed by atoms with Crippen LogP contribution < -0.4 is 10.2 Å². The average molecular weight is 209 g/mol. The van der Waals surface area contributed by atoms with Crippen molar-refractivity contribution in [2.75, 3.05) is 20.2 Å². The first-order valence-electron chi connectivity index (χ1n) is 5.40. The topological polar surface area (TPSA) is 30.5 Å². The molecule has 0 atom stereocenters. The van der Waals surface area contributed by atoms with Gasteiger partial charge in [-0.15, -0.1) is 0 Å². The lowest BCUT2D eigenvalue weighted by Gasteiger charge is -2.08. The second kappa shape index (κ2) is 7.26. The summed E-state index contributed by atoms with van der Waals surface area (Å²) < 4.78 is 0. The zero-order valence-electron chi connectivity index (χ0n) is 9.45. The highest BCUT2D eigenvalue weighted by molar-refractivity contribution is 5.32. The molecule has 0 fully saturated rings. The van der Waals surface area contributed by atoms with E-state index in [9.17, 15) is 0 Å². The van der Waals surface area contributed by atoms with E-state index in [0.29, 0.717) is 6.61 Å². The molecule has 1 rings (SSSR count). The lowest BCUT2D eigenvalue weighted by Crippen LogP contribution is -2.09. The van der Waals surface area contributed by atoms with E-state index >= 15 is 0 Å². The highest BCUT2D eigenvalue weighted by atomic mass is 17.2. The minimum absolute atomic E-state index is 0.560. The number of para-hydroxylation sites is 1. The van der Waals surface area contributed by atoms with E-state index in [1.54, 1.807) is 0 Å². The molecule has 0 bridgehead atoms. The van der Waals surface area contributed by atoms with Crippen molar-refractivity contribution >= 4 is 0 Å². The van der Waals surface area contributed by atoms with Crippen molar-refractivity contribution in [3.8, 4) is 5.75 Å². The third kappa shape index (κ3) is 4.32. The van der Waals surface area contributed by atoms with E-state index in [0.717, 1.165) is 25.1 Å². The summed E-state index contributed by atoms with van der Waals surface area (Å²) in [6, 6.07) is 7.98. The van der Waals surface area contributed by atoms with Gasteiger partial charge in [-0.1, -0.05) is 18.2 Å². The first-order chi connectivity index (χ1) is 7.38. The molecule has 1 aromatic carbocycles. The Hall–Kier alpha value is -1.06. The van der Waals surface area contributed by atoms with Crippen LogP contribution in [0.5, 0.6) is 5.75 Å². The summed E-state index contributed by atoms with van der Waals surface area (Å²) in [7, 11) is 1.96. The molecule has 3 nitrogen and oxygen atoms in total. The largest absolute Gasteiger partial charge is 0.337 e. The maximum Gasteiger partial charge on any atom is 0.168 e. The van der Waals surface area contributed by atoms with Crippen molar-refractivity contribution in [2.24, 2.45) is 0 Å². The molecule has 0 radical (unpaired) electrons. The molecule has 0 aliphatic carbocycles. The Kier molecular flexibility index (Phi) is 5.81. The number of aryl methyl sites for hydroxylation is 1. The van der Waals surface area contributed by atoms with E-state index in [1.807, 2.05) is 32.2 Å². The monoisotopic (exact) mass is 209 g/mol. The average Bonchev–Trinajstić information content (AvgIpc) is 2.28. The van der Waals surface area contributed by atoms with Gasteiger partial charge in [-0.05, 0) is 45.0 Å². The Morgan fingerprint density at radius 3 is 2.80 bits per heavy atom. The summed E-state index contributed by atoms with van der Waals surface area (Å²) in [5.74, 6) is 0.829. The van der Waals surface area contributed by atoms with Crippen molar-refractivity contribution in [3.05, 3.63) is 29.8 Å². The number of nitrogens with one attached hydrogen (secondary N) is 1. The number of hydrogen-bond acceptors (Lipinski definition) is 3. The van der Waals surface area contributed by atoms with Crippen LogP contribution in [0.2, 0.25) is 0 Å². The Morgan fingerprint density at radius 1 is 1.27 bits per heavy atom. The molecule has 0 saturated heterocycles. The Balaban J connectivity index is 2.52. The van der Waals surface area contributed by atoms with Crippen LogP contribution in [-0.2, 0) is 11.3 Å². The van der Waals surface area contributed by atoms with E-state index in [4.69, 9.17) is 9.78 Å². The quantitative estimate of drug-likeness (QED) is 0.424. The minimum atomic E-state index is 0.560. The van der Waals surface area contributed by atoms with Crippen LogP contribution in [0.1, 0.15) is 18.9 Å². The molecular weight excluding hydrogens is 190 g/mol. The first-order valence-corrected chi connectivity index (χ1v) is 5.40. The first kappa shape index (κ1) is 12.0. The fraction of sp³-hybridized carbons (Fsp3) is 0.500. The predicted molar refractivity (Wildman–Crippen MR) is 60.9 cm³/mol. The molecule has 0 amide bonds. The summed E-state index contributed by atoms with van der Waals surface area (Å²) >= 11 is 0. The molecule has 0 heterocycles. The highest BCUT2D eigenvalue weighted by Crippen LogP contribution is 2.19. The molecular formula is C12H19NO2. The second-order valence-electron chi connectivity index (χ2n) is 3.30. The third-order valence-corrected chi connectivity index (χ3v) is 2.11. The van der Waals surface area contributed by atoms with Crippen LogP contribution in [0.25, 0.3) is 0 Å². The predicted octanol–water partition coefficient (Wildman–Crippen LogP) is 2.17. The summed E-state index contributed by atoms with van der Waals surface area (Å²) in [4.78, 5) is 10.1. The normalized spacial score (nSPS) is 10.3. The van der Waals surface area contributed by atoms with Gasteiger partial charge in [0.25, 0.3) is 0 Å². The van der Waals surface area contributed by atoms with Crippen molar-refractivity contribution < 1.29 is 9.78 Å². The summed E-state index contributed by atoms with van der Waals surface area (Å²) in [6.45, 7) is 3.48. The van der Waals surface area contributed by atoms with Gasteiger partial charge in [0, 0.05) is 0 Å². The van der Waals surface area contributed by atoms with E-state index in [2.05, 4.69) is 11.4 Å². The summed E-state index contributed by atoms with van der Waals surface area (Å²) in [6.07, 6.45) is 2.10. The fourth-order valence-electron chi connectivity index (χ4n) is 1.37. The van der Waals surface area contributed by atoms with Crippen LogP contribution in [0, 0.1) is 0 Å². The van der Waals surface area contributed by atoms with Crippen LogP contribution in [0.15, 0.2) is 24.3 Å². The lowest BCUT2D eigenvalue weighted by atomic mass is 10.1. The molecule has 0 aromatic heterocycles. The Labute approximate surface area is 91.3 Å². The third-order valence-electron chi connectivity index (χ3n) is 2.11. The minimum Gasteiger partial charge on any atom is -0.337 e. The maximum atomic E-state index is 5.20. The van der Waals surface area contributed by atoms with Gasteiger partial charge in [0.1, 0.15) is 0 Å². The van der Waals surface area contributed by atoms with Gasteiger partial charge in [-0.2, -0.15) is 4.89 Å².